The number of thioether (sulfide) groups is 1. The summed E-state index contributed by atoms with van der Waals surface area (Å²) in [5, 5.41) is 16.7. The molecule has 1 aliphatic carbocycles. The first-order valence-electron chi connectivity index (χ1n) is 13.0. The second kappa shape index (κ2) is 12.2. The number of aromatic nitrogens is 3. The third kappa shape index (κ3) is 6.72. The van der Waals surface area contributed by atoms with Crippen molar-refractivity contribution in [2.45, 2.75) is 70.8 Å². The summed E-state index contributed by atoms with van der Waals surface area (Å²) < 4.78 is 7.13. The number of nitrogens with zero attached hydrogens (tertiary/aromatic N) is 3. The molecule has 0 spiro atoms. The monoisotopic (exact) mass is 589 g/mol. The average Bonchev–Trinajstić information content (AvgIpc) is 3.61. The third-order valence-electron chi connectivity index (χ3n) is 6.93. The van der Waals surface area contributed by atoms with E-state index in [1.807, 2.05) is 11.4 Å². The number of carbonyl (C=O) groups is 3. The summed E-state index contributed by atoms with van der Waals surface area (Å²) in [5.41, 5.74) is 1.68. The van der Waals surface area contributed by atoms with Gasteiger partial charge in [-0.05, 0) is 61.5 Å². The van der Waals surface area contributed by atoms with E-state index in [1.165, 1.54) is 34.4 Å². The smallest absolute Gasteiger partial charge is 0.341 e. The SMILES string of the molecule is CCOC(=O)c1c(NC(=O)C(C)Sc2nnc(CNC(=O)c3cccs3)n2C)sc2c1CCC(C(C)(C)C)C2. The Labute approximate surface area is 241 Å². The number of hydrogen-bond donors (Lipinski definition) is 2. The molecule has 0 bridgehead atoms. The summed E-state index contributed by atoms with van der Waals surface area (Å²) in [6, 6.07) is 3.59. The summed E-state index contributed by atoms with van der Waals surface area (Å²) in [6.45, 7) is 10.8. The van der Waals surface area contributed by atoms with Crippen LogP contribution in [0, 0.1) is 11.3 Å². The molecule has 210 valence electrons. The highest BCUT2D eigenvalue weighted by Gasteiger charge is 2.35. The Hall–Kier alpha value is -2.70. The lowest BCUT2D eigenvalue weighted by atomic mass is 9.72. The molecule has 2 N–H and O–H groups in total. The lowest BCUT2D eigenvalue weighted by Crippen LogP contribution is -2.27. The molecule has 12 heteroatoms. The molecule has 0 radical (unpaired) electrons. The standard InChI is InChI=1S/C27H35N5O4S3/c1-7-36-25(35)21-17-11-10-16(27(3,4)5)13-19(17)39-24(21)29-22(33)15(2)38-26-31-30-20(32(26)6)14-28-23(34)18-9-8-12-37-18/h8-9,12,15-16H,7,10-11,13-14H2,1-6H3,(H,28,34)(H,29,33). The number of rotatable bonds is 9. The summed E-state index contributed by atoms with van der Waals surface area (Å²) in [6.07, 6.45) is 2.69. The van der Waals surface area contributed by atoms with Crippen molar-refractivity contribution in [3.63, 3.8) is 0 Å². The third-order valence-corrected chi connectivity index (χ3v) is 10.1. The minimum absolute atomic E-state index is 0.167. The zero-order chi connectivity index (χ0) is 28.3. The van der Waals surface area contributed by atoms with E-state index in [2.05, 4.69) is 41.6 Å². The molecule has 1 aliphatic rings. The van der Waals surface area contributed by atoms with Crippen LogP contribution in [0.25, 0.3) is 0 Å². The molecule has 2 amide bonds. The lowest BCUT2D eigenvalue weighted by molar-refractivity contribution is -0.115. The van der Waals surface area contributed by atoms with Crippen molar-refractivity contribution in [2.24, 2.45) is 18.4 Å². The molecule has 2 unspecified atom stereocenters. The van der Waals surface area contributed by atoms with E-state index in [0.29, 0.717) is 32.3 Å². The van der Waals surface area contributed by atoms with Crippen molar-refractivity contribution in [1.82, 2.24) is 20.1 Å². The minimum atomic E-state index is -0.502. The molecule has 4 rings (SSSR count). The number of thiophene rings is 2. The quantitative estimate of drug-likeness (QED) is 0.257. The average molecular weight is 590 g/mol. The second-order valence-electron chi connectivity index (χ2n) is 10.6. The highest BCUT2D eigenvalue weighted by molar-refractivity contribution is 8.00. The fourth-order valence-electron chi connectivity index (χ4n) is 4.51. The molecule has 0 saturated carbocycles. The van der Waals surface area contributed by atoms with Crippen LogP contribution in [0.4, 0.5) is 5.00 Å². The largest absolute Gasteiger partial charge is 0.462 e. The van der Waals surface area contributed by atoms with Gasteiger partial charge in [-0.3, -0.25) is 9.59 Å². The van der Waals surface area contributed by atoms with Gasteiger partial charge in [0.1, 0.15) is 5.00 Å². The zero-order valence-corrected chi connectivity index (χ0v) is 25.6. The molecular weight excluding hydrogens is 555 g/mol. The van der Waals surface area contributed by atoms with Crippen molar-refractivity contribution in [3.05, 3.63) is 44.2 Å². The zero-order valence-electron chi connectivity index (χ0n) is 23.1. The van der Waals surface area contributed by atoms with Crippen molar-refractivity contribution in [2.75, 3.05) is 11.9 Å². The first-order valence-corrected chi connectivity index (χ1v) is 15.6. The number of hydrogen-bond acceptors (Lipinski definition) is 9. The normalized spacial score (nSPS) is 15.9. The molecule has 3 heterocycles. The number of esters is 1. The lowest BCUT2D eigenvalue weighted by Gasteiger charge is -2.33. The fourth-order valence-corrected chi connectivity index (χ4v) is 7.31. The first kappa shape index (κ1) is 29.3. The molecule has 3 aromatic rings. The predicted molar refractivity (Wildman–Crippen MR) is 156 cm³/mol. The van der Waals surface area contributed by atoms with E-state index >= 15 is 0 Å². The van der Waals surface area contributed by atoms with Crippen LogP contribution in [-0.2, 0) is 36.0 Å². The van der Waals surface area contributed by atoms with Crippen LogP contribution in [-0.4, -0.2) is 44.4 Å². The minimum Gasteiger partial charge on any atom is -0.462 e. The van der Waals surface area contributed by atoms with Crippen LogP contribution in [0.15, 0.2) is 22.7 Å². The maximum Gasteiger partial charge on any atom is 0.341 e. The number of ether oxygens (including phenoxy) is 1. The molecule has 2 atom stereocenters. The Kier molecular flexibility index (Phi) is 9.18. The molecule has 39 heavy (non-hydrogen) atoms. The number of carbonyl (C=O) groups excluding carboxylic acids is 3. The van der Waals surface area contributed by atoms with Crippen LogP contribution in [0.5, 0.6) is 0 Å². The van der Waals surface area contributed by atoms with E-state index in [1.54, 1.807) is 31.5 Å². The highest BCUT2D eigenvalue weighted by atomic mass is 32.2. The first-order chi connectivity index (χ1) is 18.5. The van der Waals surface area contributed by atoms with E-state index in [0.717, 1.165) is 29.7 Å². The van der Waals surface area contributed by atoms with Crippen LogP contribution in [0.3, 0.4) is 0 Å². The topological polar surface area (TPSA) is 115 Å². The van der Waals surface area contributed by atoms with Gasteiger partial charge in [0.15, 0.2) is 11.0 Å². The highest BCUT2D eigenvalue weighted by Crippen LogP contribution is 2.44. The van der Waals surface area contributed by atoms with Crippen LogP contribution >= 0.6 is 34.4 Å². The van der Waals surface area contributed by atoms with Gasteiger partial charge in [-0.1, -0.05) is 38.6 Å². The molecule has 3 aromatic heterocycles. The van der Waals surface area contributed by atoms with Gasteiger partial charge >= 0.3 is 5.97 Å². The van der Waals surface area contributed by atoms with E-state index in [4.69, 9.17) is 4.74 Å². The number of anilines is 1. The Morgan fingerprint density at radius 2 is 2.05 bits per heavy atom. The van der Waals surface area contributed by atoms with Gasteiger partial charge < -0.3 is 19.9 Å². The van der Waals surface area contributed by atoms with E-state index < -0.39 is 5.25 Å². The van der Waals surface area contributed by atoms with E-state index in [-0.39, 0.29) is 36.4 Å². The molecule has 0 fully saturated rings. The van der Waals surface area contributed by atoms with Gasteiger partial charge in [-0.2, -0.15) is 0 Å². The summed E-state index contributed by atoms with van der Waals surface area (Å²) >= 11 is 4.13. The van der Waals surface area contributed by atoms with Gasteiger partial charge in [-0.25, -0.2) is 4.79 Å². The molecule has 0 aromatic carbocycles. The number of nitrogens with one attached hydrogen (secondary N) is 2. The second-order valence-corrected chi connectivity index (χ2v) is 14.0. The Morgan fingerprint density at radius 3 is 2.72 bits per heavy atom. The van der Waals surface area contributed by atoms with Crippen molar-refractivity contribution in [3.8, 4) is 0 Å². The van der Waals surface area contributed by atoms with Crippen molar-refractivity contribution in [1.29, 1.82) is 0 Å². The number of amides is 2. The maximum atomic E-state index is 13.3. The van der Waals surface area contributed by atoms with Crippen LogP contribution < -0.4 is 10.6 Å². The fraction of sp³-hybridized carbons (Fsp3) is 0.519. The van der Waals surface area contributed by atoms with Crippen LogP contribution in [0.2, 0.25) is 0 Å². The summed E-state index contributed by atoms with van der Waals surface area (Å²) in [5.74, 6) is 0.310. The Balaban J connectivity index is 1.44. The van der Waals surface area contributed by atoms with Crippen molar-refractivity contribution >= 4 is 57.2 Å². The Bertz CT molecular complexity index is 1340. The number of fused-ring (bicyclic) bond motifs is 1. The van der Waals surface area contributed by atoms with Crippen molar-refractivity contribution < 1.29 is 19.1 Å². The molecule has 0 saturated heterocycles. The van der Waals surface area contributed by atoms with Gasteiger partial charge in [0, 0.05) is 11.9 Å². The molecule has 0 aliphatic heterocycles. The van der Waals surface area contributed by atoms with Gasteiger partial charge in [-0.15, -0.1) is 32.9 Å². The van der Waals surface area contributed by atoms with Gasteiger partial charge in [0.05, 0.1) is 28.8 Å². The van der Waals surface area contributed by atoms with Gasteiger partial charge in [0.25, 0.3) is 5.91 Å². The molecular formula is C27H35N5O4S3. The predicted octanol–water partition coefficient (Wildman–Crippen LogP) is 5.32. The summed E-state index contributed by atoms with van der Waals surface area (Å²) in [7, 11) is 1.80. The van der Waals surface area contributed by atoms with E-state index in [9.17, 15) is 14.4 Å². The Morgan fingerprint density at radius 1 is 1.28 bits per heavy atom. The molecule has 9 nitrogen and oxygen atoms in total. The summed E-state index contributed by atoms with van der Waals surface area (Å²) in [4.78, 5) is 40.2. The van der Waals surface area contributed by atoms with Crippen LogP contribution in [0.1, 0.15) is 77.3 Å². The maximum absolute atomic E-state index is 13.3. The van der Waals surface area contributed by atoms with Gasteiger partial charge in [0.2, 0.25) is 5.91 Å².